The van der Waals surface area contributed by atoms with E-state index in [-0.39, 0.29) is 17.8 Å². The van der Waals surface area contributed by atoms with E-state index in [1.54, 1.807) is 49.6 Å². The molecule has 0 unspecified atom stereocenters. The summed E-state index contributed by atoms with van der Waals surface area (Å²) in [7, 11) is 1.58. The van der Waals surface area contributed by atoms with Crippen LogP contribution in [0.15, 0.2) is 42.5 Å². The fourth-order valence-electron chi connectivity index (χ4n) is 2.31. The minimum absolute atomic E-state index is 0.0475. The molecule has 132 valence electrons. The highest BCUT2D eigenvalue weighted by Crippen LogP contribution is 2.22. The van der Waals surface area contributed by atoms with Crippen LogP contribution in [-0.2, 0) is 11.3 Å². The zero-order valence-corrected chi connectivity index (χ0v) is 15.0. The molecule has 0 radical (unpaired) electrons. The first-order valence-electron chi connectivity index (χ1n) is 8.11. The molecule has 25 heavy (non-hydrogen) atoms. The zero-order valence-electron chi connectivity index (χ0n) is 15.0. The molecular formula is C20H23NO4. The smallest absolute Gasteiger partial charge is 0.255 e. The molecule has 0 aliphatic rings. The fourth-order valence-corrected chi connectivity index (χ4v) is 2.31. The quantitative estimate of drug-likeness (QED) is 0.771. The molecule has 0 aliphatic carbocycles. The van der Waals surface area contributed by atoms with Crippen molar-refractivity contribution in [3.63, 3.8) is 0 Å². The molecule has 0 heterocycles. The van der Waals surface area contributed by atoms with Crippen LogP contribution < -0.4 is 10.1 Å². The SMILES string of the molecule is COc1ccc(C(=O)Nc2cccc(C(C)=O)c2)cc1COC(C)C. The Morgan fingerprint density at radius 2 is 1.84 bits per heavy atom. The Morgan fingerprint density at radius 3 is 2.48 bits per heavy atom. The molecule has 2 aromatic rings. The molecular weight excluding hydrogens is 318 g/mol. The number of amides is 1. The number of hydrogen-bond acceptors (Lipinski definition) is 4. The third kappa shape index (κ3) is 5.16. The van der Waals surface area contributed by atoms with Gasteiger partial charge in [0.2, 0.25) is 0 Å². The van der Waals surface area contributed by atoms with Crippen molar-refractivity contribution in [2.45, 2.75) is 33.5 Å². The van der Waals surface area contributed by atoms with Crippen molar-refractivity contribution < 1.29 is 19.1 Å². The number of ether oxygens (including phenoxy) is 2. The molecule has 2 rings (SSSR count). The Morgan fingerprint density at radius 1 is 1.08 bits per heavy atom. The van der Waals surface area contributed by atoms with Crippen molar-refractivity contribution in [1.82, 2.24) is 0 Å². The predicted octanol–water partition coefficient (Wildman–Crippen LogP) is 4.08. The second-order valence-electron chi connectivity index (χ2n) is 5.98. The van der Waals surface area contributed by atoms with Crippen LogP contribution >= 0.6 is 0 Å². The summed E-state index contributed by atoms with van der Waals surface area (Å²) in [5.74, 6) is 0.374. The van der Waals surface area contributed by atoms with Crippen LogP contribution in [-0.4, -0.2) is 24.9 Å². The van der Waals surface area contributed by atoms with Crippen LogP contribution in [0.4, 0.5) is 5.69 Å². The minimum atomic E-state index is -0.255. The highest BCUT2D eigenvalue weighted by molar-refractivity contribution is 6.05. The number of hydrogen-bond donors (Lipinski definition) is 1. The number of benzene rings is 2. The summed E-state index contributed by atoms with van der Waals surface area (Å²) >= 11 is 0. The molecule has 1 amide bonds. The lowest BCUT2D eigenvalue weighted by atomic mass is 10.1. The van der Waals surface area contributed by atoms with Crippen molar-refractivity contribution in [3.05, 3.63) is 59.2 Å². The zero-order chi connectivity index (χ0) is 18.4. The Hall–Kier alpha value is -2.66. The van der Waals surface area contributed by atoms with Crippen LogP contribution in [0.25, 0.3) is 0 Å². The van der Waals surface area contributed by atoms with Crippen molar-refractivity contribution in [3.8, 4) is 5.75 Å². The van der Waals surface area contributed by atoms with Crippen LogP contribution in [0, 0.1) is 0 Å². The van der Waals surface area contributed by atoms with Crippen molar-refractivity contribution >= 4 is 17.4 Å². The predicted molar refractivity (Wildman–Crippen MR) is 97.3 cm³/mol. The van der Waals surface area contributed by atoms with Crippen molar-refractivity contribution in [2.24, 2.45) is 0 Å². The van der Waals surface area contributed by atoms with Gasteiger partial charge in [-0.05, 0) is 51.1 Å². The maximum absolute atomic E-state index is 12.5. The maximum atomic E-state index is 12.5. The second kappa shape index (κ2) is 8.44. The molecule has 0 bridgehead atoms. The molecule has 0 atom stereocenters. The molecule has 1 N–H and O–H groups in total. The van der Waals surface area contributed by atoms with Crippen molar-refractivity contribution in [1.29, 1.82) is 0 Å². The van der Waals surface area contributed by atoms with E-state index < -0.39 is 0 Å². The number of carbonyl (C=O) groups excluding carboxylic acids is 2. The first-order valence-corrected chi connectivity index (χ1v) is 8.11. The third-order valence-electron chi connectivity index (χ3n) is 3.64. The topological polar surface area (TPSA) is 64.6 Å². The molecule has 0 aliphatic heterocycles. The molecule has 0 saturated heterocycles. The lowest BCUT2D eigenvalue weighted by Crippen LogP contribution is -2.13. The summed E-state index contributed by atoms with van der Waals surface area (Å²) in [6, 6.07) is 12.1. The number of nitrogens with one attached hydrogen (secondary N) is 1. The summed E-state index contributed by atoms with van der Waals surface area (Å²) in [5, 5.41) is 2.81. The van der Waals surface area contributed by atoms with E-state index in [1.807, 2.05) is 13.8 Å². The van der Waals surface area contributed by atoms with Gasteiger partial charge in [0.25, 0.3) is 5.91 Å². The number of Topliss-reactive ketones (excluding diaryl/α,β-unsaturated/α-hetero) is 1. The standard InChI is InChI=1S/C20H23NO4/c1-13(2)25-12-17-10-16(8-9-19(17)24-4)20(23)21-18-7-5-6-15(11-18)14(3)22/h5-11,13H,12H2,1-4H3,(H,21,23). The number of anilines is 1. The molecule has 0 saturated carbocycles. The molecule has 0 spiro atoms. The van der Waals surface area contributed by atoms with Gasteiger partial charge < -0.3 is 14.8 Å². The van der Waals surface area contributed by atoms with Gasteiger partial charge in [0.15, 0.2) is 5.78 Å². The Labute approximate surface area is 148 Å². The van der Waals surface area contributed by atoms with Crippen LogP contribution in [0.5, 0.6) is 5.75 Å². The fraction of sp³-hybridized carbons (Fsp3) is 0.300. The van der Waals surface area contributed by atoms with E-state index in [4.69, 9.17) is 9.47 Å². The molecule has 0 aromatic heterocycles. The number of rotatable bonds is 7. The summed E-state index contributed by atoms with van der Waals surface area (Å²) in [6.07, 6.45) is 0.0801. The Bertz CT molecular complexity index is 768. The van der Waals surface area contributed by atoms with E-state index in [0.29, 0.717) is 29.2 Å². The van der Waals surface area contributed by atoms with Gasteiger partial charge in [0.05, 0.1) is 19.8 Å². The maximum Gasteiger partial charge on any atom is 0.255 e. The van der Waals surface area contributed by atoms with Crippen molar-refractivity contribution in [2.75, 3.05) is 12.4 Å². The summed E-state index contributed by atoms with van der Waals surface area (Å²) in [4.78, 5) is 24.0. The largest absolute Gasteiger partial charge is 0.496 e. The van der Waals surface area contributed by atoms with Crippen LogP contribution in [0.3, 0.4) is 0 Å². The van der Waals surface area contributed by atoms with E-state index in [9.17, 15) is 9.59 Å². The molecule has 0 fully saturated rings. The summed E-state index contributed by atoms with van der Waals surface area (Å²) < 4.78 is 10.9. The average molecular weight is 341 g/mol. The lowest BCUT2D eigenvalue weighted by Gasteiger charge is -2.13. The third-order valence-corrected chi connectivity index (χ3v) is 3.64. The number of carbonyl (C=O) groups is 2. The summed E-state index contributed by atoms with van der Waals surface area (Å²) in [6.45, 7) is 5.75. The second-order valence-corrected chi connectivity index (χ2v) is 5.98. The average Bonchev–Trinajstić information content (AvgIpc) is 2.59. The highest BCUT2D eigenvalue weighted by atomic mass is 16.5. The van der Waals surface area contributed by atoms with E-state index in [2.05, 4.69) is 5.32 Å². The van der Waals surface area contributed by atoms with Gasteiger partial charge in [-0.1, -0.05) is 12.1 Å². The lowest BCUT2D eigenvalue weighted by molar-refractivity contribution is 0.0644. The minimum Gasteiger partial charge on any atom is -0.496 e. The molecule has 5 nitrogen and oxygen atoms in total. The normalized spacial score (nSPS) is 10.6. The molecule has 5 heteroatoms. The van der Waals surface area contributed by atoms with Gasteiger partial charge in [0.1, 0.15) is 5.75 Å². The number of methoxy groups -OCH3 is 1. The monoisotopic (exact) mass is 341 g/mol. The molecule has 2 aromatic carbocycles. The van der Waals surface area contributed by atoms with Gasteiger partial charge in [-0.25, -0.2) is 0 Å². The number of ketones is 1. The van der Waals surface area contributed by atoms with Crippen LogP contribution in [0.1, 0.15) is 47.1 Å². The van der Waals surface area contributed by atoms with E-state index in [0.717, 1.165) is 5.56 Å². The van der Waals surface area contributed by atoms with Gasteiger partial charge in [-0.3, -0.25) is 9.59 Å². The van der Waals surface area contributed by atoms with Gasteiger partial charge in [-0.2, -0.15) is 0 Å². The Kier molecular flexibility index (Phi) is 6.31. The van der Waals surface area contributed by atoms with E-state index >= 15 is 0 Å². The van der Waals surface area contributed by atoms with E-state index in [1.165, 1.54) is 6.92 Å². The first-order chi connectivity index (χ1) is 11.9. The highest BCUT2D eigenvalue weighted by Gasteiger charge is 2.12. The Balaban J connectivity index is 2.19. The summed E-state index contributed by atoms with van der Waals surface area (Å²) in [5.41, 5.74) is 2.43. The van der Waals surface area contributed by atoms with Gasteiger partial charge in [0, 0.05) is 22.4 Å². The van der Waals surface area contributed by atoms with Gasteiger partial charge in [-0.15, -0.1) is 0 Å². The first kappa shape index (κ1) is 18.7. The van der Waals surface area contributed by atoms with Crippen LogP contribution in [0.2, 0.25) is 0 Å². The van der Waals surface area contributed by atoms with Gasteiger partial charge >= 0.3 is 0 Å².